The molecule has 0 aliphatic carbocycles. The Balaban J connectivity index is 2.65. The maximum Gasteiger partial charge on any atom is 0.130 e. The topological polar surface area (TPSA) is 12.0 Å². The van der Waals surface area contributed by atoms with Crippen LogP contribution in [0.25, 0.3) is 6.08 Å². The van der Waals surface area contributed by atoms with E-state index in [9.17, 15) is 8.78 Å². The standard InChI is InChI=1S/C11H13F2N/c1-14-7-3-2-4-9-8-10(12)5-6-11(9)13/h2,4-6,8,14H,3,7H2,1H3. The van der Waals surface area contributed by atoms with Crippen LogP contribution in [0.1, 0.15) is 12.0 Å². The lowest BCUT2D eigenvalue weighted by atomic mass is 10.2. The van der Waals surface area contributed by atoms with Crippen LogP contribution in [0.15, 0.2) is 24.3 Å². The third-order valence-corrected chi connectivity index (χ3v) is 1.82. The zero-order valence-corrected chi connectivity index (χ0v) is 8.06. The van der Waals surface area contributed by atoms with Gasteiger partial charge in [0.15, 0.2) is 0 Å². The minimum atomic E-state index is -0.417. The quantitative estimate of drug-likeness (QED) is 0.731. The summed E-state index contributed by atoms with van der Waals surface area (Å²) in [7, 11) is 1.84. The van der Waals surface area contributed by atoms with Gasteiger partial charge in [-0.15, -0.1) is 0 Å². The molecule has 0 spiro atoms. The first-order chi connectivity index (χ1) is 6.74. The van der Waals surface area contributed by atoms with Crippen LogP contribution < -0.4 is 5.32 Å². The smallest absolute Gasteiger partial charge is 0.130 e. The van der Waals surface area contributed by atoms with Crippen molar-refractivity contribution in [3.8, 4) is 0 Å². The van der Waals surface area contributed by atoms with Crippen LogP contribution in [-0.4, -0.2) is 13.6 Å². The Kier molecular flexibility index (Phi) is 4.26. The number of halogens is 2. The van der Waals surface area contributed by atoms with E-state index >= 15 is 0 Å². The van der Waals surface area contributed by atoms with Gasteiger partial charge in [0.05, 0.1) is 0 Å². The summed E-state index contributed by atoms with van der Waals surface area (Å²) in [5.74, 6) is -0.813. The van der Waals surface area contributed by atoms with Crippen molar-refractivity contribution in [1.82, 2.24) is 5.32 Å². The van der Waals surface area contributed by atoms with E-state index in [1.54, 1.807) is 6.08 Å². The molecule has 0 aliphatic heterocycles. The second-order valence-electron chi connectivity index (χ2n) is 2.96. The molecule has 1 rings (SSSR count). The molecule has 0 fully saturated rings. The molecule has 0 aromatic heterocycles. The van der Waals surface area contributed by atoms with Gasteiger partial charge in [-0.2, -0.15) is 0 Å². The zero-order chi connectivity index (χ0) is 10.4. The molecule has 3 heteroatoms. The molecule has 1 aromatic carbocycles. The van der Waals surface area contributed by atoms with Gasteiger partial charge in [0, 0.05) is 5.56 Å². The Morgan fingerprint density at radius 3 is 2.86 bits per heavy atom. The highest BCUT2D eigenvalue weighted by Crippen LogP contribution is 2.11. The molecule has 14 heavy (non-hydrogen) atoms. The molecule has 0 saturated carbocycles. The molecule has 1 N–H and O–H groups in total. The fraction of sp³-hybridized carbons (Fsp3) is 0.273. The summed E-state index contributed by atoms with van der Waals surface area (Å²) < 4.78 is 25.8. The zero-order valence-electron chi connectivity index (χ0n) is 8.06. The highest BCUT2D eigenvalue weighted by molar-refractivity contribution is 5.49. The first kappa shape index (κ1) is 10.9. The molecule has 0 unspecified atom stereocenters. The molecule has 76 valence electrons. The summed E-state index contributed by atoms with van der Waals surface area (Å²) in [6, 6.07) is 3.43. The monoisotopic (exact) mass is 197 g/mol. The average Bonchev–Trinajstić information content (AvgIpc) is 2.18. The van der Waals surface area contributed by atoms with Gasteiger partial charge in [0.25, 0.3) is 0 Å². The van der Waals surface area contributed by atoms with Gasteiger partial charge in [0.2, 0.25) is 0 Å². The van der Waals surface area contributed by atoms with Crippen LogP contribution in [0, 0.1) is 11.6 Å². The van der Waals surface area contributed by atoms with Crippen molar-refractivity contribution in [1.29, 1.82) is 0 Å². The summed E-state index contributed by atoms with van der Waals surface area (Å²) >= 11 is 0. The Hall–Kier alpha value is -1.22. The van der Waals surface area contributed by atoms with Crippen molar-refractivity contribution < 1.29 is 8.78 Å². The van der Waals surface area contributed by atoms with Gasteiger partial charge in [-0.1, -0.05) is 12.2 Å². The molecule has 1 nitrogen and oxygen atoms in total. The maximum absolute atomic E-state index is 13.0. The molecule has 0 atom stereocenters. The van der Waals surface area contributed by atoms with E-state index in [-0.39, 0.29) is 0 Å². The van der Waals surface area contributed by atoms with E-state index in [0.29, 0.717) is 5.56 Å². The molecule has 0 aliphatic rings. The van der Waals surface area contributed by atoms with E-state index in [1.165, 1.54) is 6.07 Å². The van der Waals surface area contributed by atoms with Crippen LogP contribution >= 0.6 is 0 Å². The Labute approximate surface area is 82.4 Å². The van der Waals surface area contributed by atoms with Gasteiger partial charge in [0.1, 0.15) is 11.6 Å². The lowest BCUT2D eigenvalue weighted by Gasteiger charge is -1.97. The number of rotatable bonds is 4. The predicted molar refractivity (Wildman–Crippen MR) is 53.9 cm³/mol. The minimum absolute atomic E-state index is 0.293. The Bertz CT molecular complexity index is 321. The third-order valence-electron chi connectivity index (χ3n) is 1.82. The summed E-state index contributed by atoms with van der Waals surface area (Å²) in [6.07, 6.45) is 4.20. The van der Waals surface area contributed by atoms with Crippen molar-refractivity contribution in [2.24, 2.45) is 0 Å². The van der Waals surface area contributed by atoms with Gasteiger partial charge in [-0.3, -0.25) is 0 Å². The number of benzene rings is 1. The Morgan fingerprint density at radius 2 is 2.14 bits per heavy atom. The largest absolute Gasteiger partial charge is 0.319 e. The minimum Gasteiger partial charge on any atom is -0.319 e. The number of hydrogen-bond donors (Lipinski definition) is 1. The normalized spacial score (nSPS) is 11.1. The molecule has 0 radical (unpaired) electrons. The van der Waals surface area contributed by atoms with Crippen molar-refractivity contribution in [3.05, 3.63) is 41.5 Å². The first-order valence-corrected chi connectivity index (χ1v) is 4.50. The second-order valence-corrected chi connectivity index (χ2v) is 2.96. The van der Waals surface area contributed by atoms with Crippen molar-refractivity contribution in [2.45, 2.75) is 6.42 Å². The lowest BCUT2D eigenvalue weighted by molar-refractivity contribution is 0.598. The molecular formula is C11H13F2N. The van der Waals surface area contributed by atoms with E-state index in [2.05, 4.69) is 5.32 Å². The molecule has 1 aromatic rings. The molecular weight excluding hydrogens is 184 g/mol. The summed E-state index contributed by atoms with van der Waals surface area (Å²) in [4.78, 5) is 0. The second kappa shape index (κ2) is 5.50. The van der Waals surface area contributed by atoms with Crippen LogP contribution in [0.4, 0.5) is 8.78 Å². The fourth-order valence-corrected chi connectivity index (χ4v) is 1.08. The van der Waals surface area contributed by atoms with E-state index in [4.69, 9.17) is 0 Å². The highest BCUT2D eigenvalue weighted by Gasteiger charge is 1.98. The van der Waals surface area contributed by atoms with Crippen molar-refractivity contribution in [2.75, 3.05) is 13.6 Å². The van der Waals surface area contributed by atoms with Gasteiger partial charge < -0.3 is 5.32 Å². The average molecular weight is 197 g/mol. The van der Waals surface area contributed by atoms with Crippen molar-refractivity contribution in [3.63, 3.8) is 0 Å². The SMILES string of the molecule is CNCCC=Cc1cc(F)ccc1F. The molecule has 0 amide bonds. The lowest BCUT2D eigenvalue weighted by Crippen LogP contribution is -2.05. The predicted octanol–water partition coefficient (Wildman–Crippen LogP) is 2.59. The number of nitrogens with one attached hydrogen (secondary N) is 1. The van der Waals surface area contributed by atoms with E-state index < -0.39 is 11.6 Å². The van der Waals surface area contributed by atoms with E-state index in [1.807, 2.05) is 13.1 Å². The summed E-state index contributed by atoms with van der Waals surface area (Å²) in [5.41, 5.74) is 0.293. The van der Waals surface area contributed by atoms with Crippen LogP contribution in [0.5, 0.6) is 0 Å². The maximum atomic E-state index is 13.0. The van der Waals surface area contributed by atoms with Gasteiger partial charge in [-0.25, -0.2) is 8.78 Å². The fourth-order valence-electron chi connectivity index (χ4n) is 1.08. The summed E-state index contributed by atoms with van der Waals surface area (Å²) in [5, 5.41) is 2.96. The summed E-state index contributed by atoms with van der Waals surface area (Å²) in [6.45, 7) is 0.827. The number of hydrogen-bond acceptors (Lipinski definition) is 1. The molecule has 0 saturated heterocycles. The van der Waals surface area contributed by atoms with Crippen LogP contribution in [0.2, 0.25) is 0 Å². The van der Waals surface area contributed by atoms with Crippen LogP contribution in [0.3, 0.4) is 0 Å². The third kappa shape index (κ3) is 3.26. The Morgan fingerprint density at radius 1 is 1.36 bits per heavy atom. The highest BCUT2D eigenvalue weighted by atomic mass is 19.1. The van der Waals surface area contributed by atoms with Crippen LogP contribution in [-0.2, 0) is 0 Å². The molecule has 0 bridgehead atoms. The van der Waals surface area contributed by atoms with Gasteiger partial charge in [-0.05, 0) is 38.2 Å². The van der Waals surface area contributed by atoms with Gasteiger partial charge >= 0.3 is 0 Å². The first-order valence-electron chi connectivity index (χ1n) is 4.50. The van der Waals surface area contributed by atoms with E-state index in [0.717, 1.165) is 25.1 Å². The molecule has 0 heterocycles. The van der Waals surface area contributed by atoms with Crippen molar-refractivity contribution >= 4 is 6.08 Å².